The maximum absolute atomic E-state index is 5.83. The van der Waals surface area contributed by atoms with E-state index in [4.69, 9.17) is 14.2 Å². The van der Waals surface area contributed by atoms with Crippen LogP contribution in [0.25, 0.3) is 10.9 Å². The number of hydrogen-bond donors (Lipinski definition) is 1. The van der Waals surface area contributed by atoms with Gasteiger partial charge in [-0.1, -0.05) is 11.6 Å². The highest BCUT2D eigenvalue weighted by Gasteiger charge is 2.35. The van der Waals surface area contributed by atoms with E-state index in [0.717, 1.165) is 35.7 Å². The Morgan fingerprint density at radius 2 is 2.12 bits per heavy atom. The fourth-order valence-corrected chi connectivity index (χ4v) is 4.31. The molecular weight excluding hydrogens is 328 g/mol. The number of ether oxygens (including phenoxy) is 3. The number of hydrogen-bond acceptors (Lipinski definition) is 4. The predicted molar refractivity (Wildman–Crippen MR) is 100 cm³/mol. The number of aromatic nitrogens is 1. The minimum Gasteiger partial charge on any atom is -0.492 e. The molecule has 0 fully saturated rings. The number of rotatable bonds is 2. The van der Waals surface area contributed by atoms with E-state index in [0.29, 0.717) is 0 Å². The number of nitrogens with one attached hydrogen (secondary N) is 1. The van der Waals surface area contributed by atoms with Crippen molar-refractivity contribution in [2.24, 2.45) is 0 Å². The molecule has 5 heteroatoms. The van der Waals surface area contributed by atoms with Crippen LogP contribution in [0.3, 0.4) is 0 Å². The summed E-state index contributed by atoms with van der Waals surface area (Å²) < 4.78 is 17.2. The van der Waals surface area contributed by atoms with Crippen molar-refractivity contribution in [1.82, 2.24) is 9.88 Å². The summed E-state index contributed by atoms with van der Waals surface area (Å²) >= 11 is 0. The molecule has 1 N–H and O–H groups in total. The smallest absolute Gasteiger partial charge is 0.231 e. The van der Waals surface area contributed by atoms with E-state index in [1.807, 2.05) is 0 Å². The highest BCUT2D eigenvalue weighted by atomic mass is 16.7. The Balaban J connectivity index is 1.77. The molecule has 0 saturated heterocycles. The van der Waals surface area contributed by atoms with Gasteiger partial charge in [0.05, 0.1) is 13.2 Å². The van der Waals surface area contributed by atoms with E-state index < -0.39 is 0 Å². The molecule has 0 bridgehead atoms. The number of aromatic amines is 1. The molecular formula is C21H22N2O3. The van der Waals surface area contributed by atoms with E-state index in [1.165, 1.54) is 27.6 Å². The molecule has 0 unspecified atom stereocenters. The van der Waals surface area contributed by atoms with Crippen molar-refractivity contribution in [3.05, 3.63) is 52.7 Å². The van der Waals surface area contributed by atoms with Gasteiger partial charge in [-0.3, -0.25) is 4.90 Å². The molecule has 1 aromatic heterocycles. The number of benzene rings is 2. The third-order valence-electron chi connectivity index (χ3n) is 5.56. The minimum absolute atomic E-state index is 0.110. The summed E-state index contributed by atoms with van der Waals surface area (Å²) in [6.45, 7) is 3.37. The Bertz CT molecular complexity index is 1010. The number of H-pyrrole nitrogens is 1. The first-order valence-corrected chi connectivity index (χ1v) is 8.94. The molecule has 2 aliphatic heterocycles. The average molecular weight is 350 g/mol. The van der Waals surface area contributed by atoms with Gasteiger partial charge in [0.25, 0.3) is 0 Å². The monoisotopic (exact) mass is 350 g/mol. The largest absolute Gasteiger partial charge is 0.492 e. The Hall–Kier alpha value is -2.66. The molecule has 2 aliphatic rings. The Morgan fingerprint density at radius 1 is 1.23 bits per heavy atom. The van der Waals surface area contributed by atoms with Gasteiger partial charge >= 0.3 is 0 Å². The van der Waals surface area contributed by atoms with Crippen LogP contribution in [-0.4, -0.2) is 37.4 Å². The van der Waals surface area contributed by atoms with Crippen molar-refractivity contribution in [3.63, 3.8) is 0 Å². The molecule has 5 nitrogen and oxygen atoms in total. The lowest BCUT2D eigenvalue weighted by atomic mass is 9.87. The zero-order valence-electron chi connectivity index (χ0n) is 15.3. The van der Waals surface area contributed by atoms with Crippen LogP contribution in [0.4, 0.5) is 0 Å². The van der Waals surface area contributed by atoms with Gasteiger partial charge in [-0.05, 0) is 49.7 Å². The normalized spacial score (nSPS) is 19.0. The molecule has 134 valence electrons. The van der Waals surface area contributed by atoms with Crippen LogP contribution in [0, 0.1) is 6.92 Å². The third-order valence-corrected chi connectivity index (χ3v) is 5.56. The summed E-state index contributed by atoms with van der Waals surface area (Å²) in [7, 11) is 3.88. The van der Waals surface area contributed by atoms with Gasteiger partial charge in [0.1, 0.15) is 0 Å². The van der Waals surface area contributed by atoms with Crippen molar-refractivity contribution < 1.29 is 14.2 Å². The van der Waals surface area contributed by atoms with Crippen molar-refractivity contribution >= 4 is 10.9 Å². The maximum atomic E-state index is 5.83. The first-order chi connectivity index (χ1) is 12.7. The summed E-state index contributed by atoms with van der Waals surface area (Å²) in [5.41, 5.74) is 6.15. The van der Waals surface area contributed by atoms with E-state index in [9.17, 15) is 0 Å². The van der Waals surface area contributed by atoms with Gasteiger partial charge < -0.3 is 19.2 Å². The zero-order valence-corrected chi connectivity index (χ0v) is 15.3. The van der Waals surface area contributed by atoms with E-state index in [1.54, 1.807) is 7.11 Å². The maximum Gasteiger partial charge on any atom is 0.231 e. The van der Waals surface area contributed by atoms with E-state index in [-0.39, 0.29) is 12.8 Å². The molecule has 2 aromatic carbocycles. The number of likely N-dealkylation sites (N-methyl/N-ethyl adjacent to an activating group) is 1. The lowest BCUT2D eigenvalue weighted by molar-refractivity contribution is 0.171. The molecule has 3 aromatic rings. The number of methoxy groups -OCH3 is 1. The molecule has 3 heterocycles. The van der Waals surface area contributed by atoms with Crippen LogP contribution in [0.15, 0.2) is 30.5 Å². The van der Waals surface area contributed by atoms with E-state index in [2.05, 4.69) is 54.3 Å². The lowest BCUT2D eigenvalue weighted by Gasteiger charge is -2.35. The molecule has 0 saturated carbocycles. The Kier molecular flexibility index (Phi) is 3.40. The van der Waals surface area contributed by atoms with Crippen molar-refractivity contribution in [2.45, 2.75) is 19.4 Å². The summed E-state index contributed by atoms with van der Waals surface area (Å²) in [5.74, 6) is 2.31. The fourth-order valence-electron chi connectivity index (χ4n) is 4.31. The van der Waals surface area contributed by atoms with Crippen molar-refractivity contribution in [1.29, 1.82) is 0 Å². The van der Waals surface area contributed by atoms with Crippen LogP contribution in [0.1, 0.15) is 28.3 Å². The summed E-state index contributed by atoms with van der Waals surface area (Å²) in [5, 5.41) is 1.26. The topological polar surface area (TPSA) is 46.7 Å². The average Bonchev–Trinajstić information content (AvgIpc) is 3.26. The SMILES string of the molecule is COc1c2c(cc3c1[C@@H](c1c[nH]c4ccc(C)cc14)N(C)CC3)OCO2. The van der Waals surface area contributed by atoms with Gasteiger partial charge in [0, 0.05) is 29.2 Å². The molecule has 0 aliphatic carbocycles. The summed E-state index contributed by atoms with van der Waals surface area (Å²) in [6.07, 6.45) is 3.10. The molecule has 26 heavy (non-hydrogen) atoms. The van der Waals surface area contributed by atoms with Gasteiger partial charge in [-0.15, -0.1) is 0 Å². The first-order valence-electron chi connectivity index (χ1n) is 8.94. The third kappa shape index (κ3) is 2.13. The Labute approximate surface area is 152 Å². The Morgan fingerprint density at radius 3 is 2.96 bits per heavy atom. The quantitative estimate of drug-likeness (QED) is 0.764. The molecule has 1 atom stereocenters. The van der Waals surface area contributed by atoms with Gasteiger partial charge in [-0.2, -0.15) is 0 Å². The van der Waals surface area contributed by atoms with Crippen LogP contribution in [-0.2, 0) is 6.42 Å². The molecule has 5 rings (SSSR count). The second-order valence-electron chi connectivity index (χ2n) is 7.14. The highest BCUT2D eigenvalue weighted by molar-refractivity contribution is 5.85. The fraction of sp³-hybridized carbons (Fsp3) is 0.333. The highest BCUT2D eigenvalue weighted by Crippen LogP contribution is 2.51. The number of nitrogens with zero attached hydrogens (tertiary/aromatic N) is 1. The zero-order chi connectivity index (χ0) is 17.8. The number of fused-ring (bicyclic) bond motifs is 3. The molecule has 0 radical (unpaired) electrons. The second-order valence-corrected chi connectivity index (χ2v) is 7.14. The number of aryl methyl sites for hydroxylation is 1. The van der Waals surface area contributed by atoms with Crippen molar-refractivity contribution in [3.8, 4) is 17.2 Å². The van der Waals surface area contributed by atoms with Crippen LogP contribution in [0.2, 0.25) is 0 Å². The van der Waals surface area contributed by atoms with Crippen molar-refractivity contribution in [2.75, 3.05) is 27.5 Å². The van der Waals surface area contributed by atoms with Gasteiger partial charge in [-0.25, -0.2) is 0 Å². The van der Waals surface area contributed by atoms with Crippen LogP contribution >= 0.6 is 0 Å². The molecule has 0 amide bonds. The summed E-state index contributed by atoms with van der Waals surface area (Å²) in [4.78, 5) is 5.82. The van der Waals surface area contributed by atoms with Crippen LogP contribution < -0.4 is 14.2 Å². The van der Waals surface area contributed by atoms with Gasteiger partial charge in [0.2, 0.25) is 12.5 Å². The summed E-state index contributed by atoms with van der Waals surface area (Å²) in [6, 6.07) is 8.77. The predicted octanol–water partition coefficient (Wildman–Crippen LogP) is 3.79. The molecule has 0 spiro atoms. The standard InChI is InChI=1S/C21H22N2O3/c1-12-4-5-16-14(8-12)15(10-22-16)19-18-13(6-7-23(19)2)9-17-20(21(18)24-3)26-11-25-17/h4-5,8-10,19,22H,6-7,11H2,1-3H3/t19-/m1/s1. The van der Waals surface area contributed by atoms with Crippen LogP contribution in [0.5, 0.6) is 17.2 Å². The van der Waals surface area contributed by atoms with E-state index >= 15 is 0 Å². The first kappa shape index (κ1) is 15.6. The minimum atomic E-state index is 0.110. The van der Waals surface area contributed by atoms with Gasteiger partial charge in [0.15, 0.2) is 11.5 Å². The lowest BCUT2D eigenvalue weighted by Crippen LogP contribution is -2.33. The second kappa shape index (κ2) is 5.68.